The molecule has 0 saturated heterocycles. The Labute approximate surface area is 194 Å². The minimum Gasteiger partial charge on any atom is -0.465 e. The lowest BCUT2D eigenvalue weighted by Crippen LogP contribution is -2.50. The van der Waals surface area contributed by atoms with Gasteiger partial charge in [-0.15, -0.1) is 0 Å². The highest BCUT2D eigenvalue weighted by Gasteiger charge is 2.40. The molecule has 1 aliphatic carbocycles. The molecule has 34 heavy (non-hydrogen) atoms. The molecular formula is C26H23N3O5. The zero-order chi connectivity index (χ0) is 24.0. The van der Waals surface area contributed by atoms with Crippen LogP contribution >= 0.6 is 0 Å². The van der Waals surface area contributed by atoms with Crippen LogP contribution in [0.5, 0.6) is 0 Å². The summed E-state index contributed by atoms with van der Waals surface area (Å²) in [6.45, 7) is 0. The molecule has 5 rings (SSSR count). The van der Waals surface area contributed by atoms with Gasteiger partial charge >= 0.3 is 6.09 Å². The van der Waals surface area contributed by atoms with E-state index in [1.54, 1.807) is 7.05 Å². The molecule has 0 unspecified atom stereocenters. The maximum atomic E-state index is 13.2. The van der Waals surface area contributed by atoms with Crippen LogP contribution < -0.4 is 16.6 Å². The highest BCUT2D eigenvalue weighted by Crippen LogP contribution is 2.44. The van der Waals surface area contributed by atoms with Crippen molar-refractivity contribution in [2.45, 2.75) is 24.8 Å². The molecule has 0 radical (unpaired) electrons. The van der Waals surface area contributed by atoms with E-state index in [2.05, 4.69) is 5.32 Å². The third kappa shape index (κ3) is 3.35. The van der Waals surface area contributed by atoms with Gasteiger partial charge in [-0.25, -0.2) is 4.79 Å². The van der Waals surface area contributed by atoms with Gasteiger partial charge in [0.15, 0.2) is 5.58 Å². The number of primary amides is 1. The Morgan fingerprint density at radius 2 is 1.74 bits per heavy atom. The normalized spacial score (nSPS) is 14.5. The van der Waals surface area contributed by atoms with Gasteiger partial charge in [-0.2, -0.15) is 0 Å². The summed E-state index contributed by atoms with van der Waals surface area (Å²) < 4.78 is 7.50. The summed E-state index contributed by atoms with van der Waals surface area (Å²) in [6, 6.07) is 16.8. The first kappa shape index (κ1) is 21.5. The molecule has 1 fully saturated rings. The number of hydrogen-bond donors (Lipinski definition) is 3. The number of fused-ring (bicyclic) bond motifs is 1. The predicted molar refractivity (Wildman–Crippen MR) is 128 cm³/mol. The summed E-state index contributed by atoms with van der Waals surface area (Å²) in [4.78, 5) is 36.6. The summed E-state index contributed by atoms with van der Waals surface area (Å²) in [5, 5.41) is 12.2. The number of aryl methyl sites for hydroxylation is 1. The van der Waals surface area contributed by atoms with Gasteiger partial charge in [0.1, 0.15) is 5.76 Å². The quantitative estimate of drug-likeness (QED) is 0.414. The number of pyridine rings is 1. The maximum Gasteiger partial charge on any atom is 0.405 e. The second-order valence-electron chi connectivity index (χ2n) is 8.64. The summed E-state index contributed by atoms with van der Waals surface area (Å²) in [5.41, 5.74) is 7.89. The van der Waals surface area contributed by atoms with E-state index < -0.39 is 17.5 Å². The summed E-state index contributed by atoms with van der Waals surface area (Å²) in [7, 11) is 1.57. The number of carbonyl (C=O) groups excluding carboxylic acids is 1. The van der Waals surface area contributed by atoms with E-state index in [9.17, 15) is 19.5 Å². The lowest BCUT2D eigenvalue weighted by molar-refractivity contribution is 0.1000. The molecular weight excluding hydrogens is 434 g/mol. The van der Waals surface area contributed by atoms with Crippen molar-refractivity contribution in [1.29, 1.82) is 0 Å². The van der Waals surface area contributed by atoms with Crippen LogP contribution in [0.25, 0.3) is 33.4 Å². The van der Waals surface area contributed by atoms with Crippen LogP contribution in [-0.2, 0) is 12.6 Å². The van der Waals surface area contributed by atoms with Crippen LogP contribution in [0.3, 0.4) is 0 Å². The molecule has 2 aromatic carbocycles. The number of benzene rings is 2. The molecule has 0 bridgehead atoms. The van der Waals surface area contributed by atoms with E-state index in [-0.39, 0.29) is 22.1 Å². The van der Waals surface area contributed by atoms with Crippen molar-refractivity contribution in [1.82, 2.24) is 9.88 Å². The second kappa shape index (κ2) is 7.91. The van der Waals surface area contributed by atoms with Gasteiger partial charge in [-0.1, -0.05) is 54.6 Å². The minimum atomic E-state index is -1.05. The second-order valence-corrected chi connectivity index (χ2v) is 8.64. The Balaban J connectivity index is 1.73. The molecule has 1 saturated carbocycles. The average molecular weight is 457 g/mol. The van der Waals surface area contributed by atoms with Gasteiger partial charge in [0.2, 0.25) is 0 Å². The van der Waals surface area contributed by atoms with Crippen LogP contribution in [-0.4, -0.2) is 21.7 Å². The summed E-state index contributed by atoms with van der Waals surface area (Å²) in [5.74, 6) is -0.255. The lowest BCUT2D eigenvalue weighted by Gasteiger charge is -2.42. The van der Waals surface area contributed by atoms with E-state index in [1.807, 2.05) is 54.6 Å². The number of rotatable bonds is 5. The van der Waals surface area contributed by atoms with Crippen LogP contribution in [0.4, 0.5) is 4.79 Å². The summed E-state index contributed by atoms with van der Waals surface area (Å²) >= 11 is 0. The third-order valence-corrected chi connectivity index (χ3v) is 6.59. The molecule has 2 heterocycles. The first-order valence-corrected chi connectivity index (χ1v) is 10.9. The third-order valence-electron chi connectivity index (χ3n) is 6.59. The molecule has 0 spiro atoms. The number of nitrogens with one attached hydrogen (secondary N) is 1. The van der Waals surface area contributed by atoms with Gasteiger partial charge in [0.25, 0.3) is 11.5 Å². The highest BCUT2D eigenvalue weighted by atomic mass is 16.4. The molecule has 1 aliphatic rings. The largest absolute Gasteiger partial charge is 0.465 e. The average Bonchev–Trinajstić information content (AvgIpc) is 3.20. The fourth-order valence-corrected chi connectivity index (χ4v) is 4.73. The first-order valence-electron chi connectivity index (χ1n) is 10.9. The number of hydrogen-bond acceptors (Lipinski definition) is 4. The van der Waals surface area contributed by atoms with Gasteiger partial charge in [-0.3, -0.25) is 9.59 Å². The van der Waals surface area contributed by atoms with Gasteiger partial charge < -0.3 is 25.1 Å². The zero-order valence-electron chi connectivity index (χ0n) is 18.5. The standard InChI is InChI=1S/C26H23N3O5/c1-29-14-18(23(27)30)22-20(24(29)31)19(15-6-3-2-4-7-15)21(34-22)16-8-10-17(11-9-16)26(12-5-13-26)28-25(32)33/h2-4,6-11,14,28H,5,12-13H2,1H3,(H2,27,30)(H,32,33). The molecule has 2 amide bonds. The Kier molecular flexibility index (Phi) is 5.01. The number of amides is 2. The fourth-order valence-electron chi connectivity index (χ4n) is 4.73. The van der Waals surface area contributed by atoms with Crippen molar-refractivity contribution < 1.29 is 19.1 Å². The summed E-state index contributed by atoms with van der Waals surface area (Å²) in [6.07, 6.45) is 2.74. The van der Waals surface area contributed by atoms with Crippen molar-refractivity contribution >= 4 is 23.0 Å². The lowest BCUT2D eigenvalue weighted by atomic mass is 9.72. The smallest absolute Gasteiger partial charge is 0.405 e. The first-order chi connectivity index (χ1) is 16.3. The zero-order valence-corrected chi connectivity index (χ0v) is 18.5. The van der Waals surface area contributed by atoms with Gasteiger partial charge in [-0.05, 0) is 30.4 Å². The Bertz CT molecular complexity index is 1480. The van der Waals surface area contributed by atoms with E-state index in [0.717, 1.165) is 30.4 Å². The van der Waals surface area contributed by atoms with Crippen LogP contribution in [0.15, 0.2) is 70.0 Å². The van der Waals surface area contributed by atoms with Crippen molar-refractivity contribution in [2.75, 3.05) is 0 Å². The molecule has 172 valence electrons. The molecule has 8 nitrogen and oxygen atoms in total. The Hall–Kier alpha value is -4.33. The van der Waals surface area contributed by atoms with Crippen molar-refractivity contribution in [2.24, 2.45) is 12.8 Å². The van der Waals surface area contributed by atoms with Crippen molar-refractivity contribution in [3.8, 4) is 22.5 Å². The Morgan fingerprint density at radius 1 is 1.06 bits per heavy atom. The van der Waals surface area contributed by atoms with Crippen molar-refractivity contribution in [3.05, 3.63) is 82.3 Å². The van der Waals surface area contributed by atoms with E-state index in [4.69, 9.17) is 10.2 Å². The van der Waals surface area contributed by atoms with E-state index in [1.165, 1.54) is 10.8 Å². The monoisotopic (exact) mass is 457 g/mol. The number of nitrogens with zero attached hydrogens (tertiary/aromatic N) is 1. The SMILES string of the molecule is Cn1cc(C(N)=O)c2oc(-c3ccc(C4(NC(=O)O)CCC4)cc3)c(-c3ccccc3)c2c1=O. The topological polar surface area (TPSA) is 128 Å². The molecule has 8 heteroatoms. The van der Waals surface area contributed by atoms with E-state index in [0.29, 0.717) is 16.9 Å². The predicted octanol–water partition coefficient (Wildman–Crippen LogP) is 4.21. The number of aromatic nitrogens is 1. The number of nitrogens with two attached hydrogens (primary N) is 1. The van der Waals surface area contributed by atoms with Crippen LogP contribution in [0, 0.1) is 0 Å². The fraction of sp³-hybridized carbons (Fsp3) is 0.192. The van der Waals surface area contributed by atoms with Crippen LogP contribution in [0.1, 0.15) is 35.2 Å². The highest BCUT2D eigenvalue weighted by molar-refractivity contribution is 6.10. The van der Waals surface area contributed by atoms with Crippen LogP contribution in [0.2, 0.25) is 0 Å². The molecule has 0 aliphatic heterocycles. The molecule has 4 N–H and O–H groups in total. The molecule has 0 atom stereocenters. The Morgan fingerprint density at radius 3 is 2.29 bits per heavy atom. The van der Waals surface area contributed by atoms with Gasteiger partial charge in [0.05, 0.1) is 16.5 Å². The van der Waals surface area contributed by atoms with Crippen molar-refractivity contribution in [3.63, 3.8) is 0 Å². The number of furan rings is 1. The maximum absolute atomic E-state index is 13.2. The number of carbonyl (C=O) groups is 2. The minimum absolute atomic E-state index is 0.122. The van der Waals surface area contributed by atoms with Gasteiger partial charge in [0, 0.05) is 24.4 Å². The number of carboxylic acid groups (broad SMARTS) is 1. The molecule has 4 aromatic rings. The molecule has 2 aromatic heterocycles. The van der Waals surface area contributed by atoms with E-state index >= 15 is 0 Å².